The zero-order valence-electron chi connectivity index (χ0n) is 16.4. The summed E-state index contributed by atoms with van der Waals surface area (Å²) >= 11 is 0. The molecular weight excluding hydrogens is 300 g/mol. The number of rotatable bonds is 6. The zero-order valence-corrected chi connectivity index (χ0v) is 16.4. The van der Waals surface area contributed by atoms with Gasteiger partial charge in [0.05, 0.1) is 0 Å². The molecule has 1 saturated carbocycles. The summed E-state index contributed by atoms with van der Waals surface area (Å²) in [7, 11) is 0. The molecule has 1 fully saturated rings. The molecule has 0 saturated heterocycles. The smallest absolute Gasteiger partial charge is 0.0208 e. The third-order valence-electron chi connectivity index (χ3n) is 6.50. The maximum absolute atomic E-state index is 2.39. The van der Waals surface area contributed by atoms with Gasteiger partial charge in [0, 0.05) is 5.41 Å². The lowest BCUT2D eigenvalue weighted by molar-refractivity contribution is 0.249. The fourth-order valence-electron chi connectivity index (χ4n) is 5.05. The van der Waals surface area contributed by atoms with Crippen LogP contribution in [0, 0.1) is 19.8 Å². The van der Waals surface area contributed by atoms with Gasteiger partial charge in [-0.05, 0) is 67.7 Å². The first kappa shape index (κ1) is 18.2. The highest BCUT2D eigenvalue weighted by atomic mass is 14.4. The van der Waals surface area contributed by atoms with E-state index in [-0.39, 0.29) is 5.41 Å². The van der Waals surface area contributed by atoms with Crippen LogP contribution < -0.4 is 0 Å². The Kier molecular flexibility index (Phi) is 5.99. The monoisotopic (exact) mass is 334 g/mol. The fourth-order valence-corrected chi connectivity index (χ4v) is 5.05. The fraction of sp³-hybridized carbons (Fsp3) is 0.520. The summed E-state index contributed by atoms with van der Waals surface area (Å²) < 4.78 is 0. The lowest BCUT2D eigenvalue weighted by Gasteiger charge is -2.43. The molecule has 0 heteroatoms. The van der Waals surface area contributed by atoms with Crippen LogP contribution in [0.5, 0.6) is 0 Å². The lowest BCUT2D eigenvalue weighted by atomic mass is 9.61. The molecule has 0 spiro atoms. The van der Waals surface area contributed by atoms with Gasteiger partial charge in [-0.2, -0.15) is 0 Å². The molecule has 1 aliphatic rings. The van der Waals surface area contributed by atoms with Crippen LogP contribution in [-0.4, -0.2) is 0 Å². The van der Waals surface area contributed by atoms with Crippen LogP contribution in [0.2, 0.25) is 0 Å². The van der Waals surface area contributed by atoms with E-state index in [9.17, 15) is 0 Å². The predicted octanol–water partition coefficient (Wildman–Crippen LogP) is 7.36. The van der Waals surface area contributed by atoms with E-state index >= 15 is 0 Å². The van der Waals surface area contributed by atoms with Crippen LogP contribution in [-0.2, 0) is 5.41 Å². The van der Waals surface area contributed by atoms with Crippen LogP contribution in [0.1, 0.15) is 80.5 Å². The van der Waals surface area contributed by atoms with E-state index in [1.165, 1.54) is 62.5 Å². The van der Waals surface area contributed by atoms with E-state index in [0.29, 0.717) is 0 Å². The molecule has 3 rings (SSSR count). The number of unbranched alkanes of at least 4 members (excludes halogenated alkanes) is 2. The topological polar surface area (TPSA) is 0 Å². The van der Waals surface area contributed by atoms with Crippen molar-refractivity contribution in [3.8, 4) is 0 Å². The van der Waals surface area contributed by atoms with Crippen molar-refractivity contribution in [1.29, 1.82) is 0 Å². The van der Waals surface area contributed by atoms with E-state index < -0.39 is 0 Å². The van der Waals surface area contributed by atoms with Crippen molar-refractivity contribution in [2.75, 3.05) is 0 Å². The van der Waals surface area contributed by atoms with Gasteiger partial charge >= 0.3 is 0 Å². The standard InChI is InChI=1S/C25H34/c1-4-5-6-13-22-16-18-25(19-17-22,23-14-9-7-11-20(23)2)24-15-10-8-12-21(24)3/h7-12,14-15,22H,4-6,13,16-19H2,1-3H3. The average molecular weight is 335 g/mol. The summed E-state index contributed by atoms with van der Waals surface area (Å²) in [6, 6.07) is 18.2. The van der Waals surface area contributed by atoms with Crippen molar-refractivity contribution in [2.45, 2.75) is 77.6 Å². The van der Waals surface area contributed by atoms with Crippen LogP contribution in [0.15, 0.2) is 48.5 Å². The molecule has 0 amide bonds. The Balaban J connectivity index is 1.91. The highest BCUT2D eigenvalue weighted by molar-refractivity contribution is 5.46. The van der Waals surface area contributed by atoms with Crippen molar-refractivity contribution in [3.05, 3.63) is 70.8 Å². The van der Waals surface area contributed by atoms with Gasteiger partial charge in [-0.1, -0.05) is 81.1 Å². The van der Waals surface area contributed by atoms with E-state index in [2.05, 4.69) is 69.3 Å². The summed E-state index contributed by atoms with van der Waals surface area (Å²) in [6.45, 7) is 6.90. The molecule has 0 aliphatic heterocycles. The molecule has 1 aliphatic carbocycles. The Bertz CT molecular complexity index is 626. The molecular formula is C25H34. The van der Waals surface area contributed by atoms with Gasteiger partial charge in [0.25, 0.3) is 0 Å². The van der Waals surface area contributed by atoms with Gasteiger partial charge in [0.15, 0.2) is 0 Å². The van der Waals surface area contributed by atoms with Crippen molar-refractivity contribution in [2.24, 2.45) is 5.92 Å². The second kappa shape index (κ2) is 8.21. The van der Waals surface area contributed by atoms with Gasteiger partial charge in [-0.15, -0.1) is 0 Å². The van der Waals surface area contributed by atoms with Crippen molar-refractivity contribution in [1.82, 2.24) is 0 Å². The molecule has 0 atom stereocenters. The molecule has 134 valence electrons. The summed E-state index contributed by atoms with van der Waals surface area (Å²) in [5.74, 6) is 0.938. The Labute approximate surface area is 154 Å². The molecule has 0 unspecified atom stereocenters. The minimum Gasteiger partial charge on any atom is -0.0654 e. The number of aryl methyl sites for hydroxylation is 2. The van der Waals surface area contributed by atoms with E-state index in [0.717, 1.165) is 5.92 Å². The van der Waals surface area contributed by atoms with Crippen LogP contribution in [0.3, 0.4) is 0 Å². The predicted molar refractivity (Wildman–Crippen MR) is 109 cm³/mol. The molecule has 0 nitrogen and oxygen atoms in total. The third kappa shape index (κ3) is 3.84. The Hall–Kier alpha value is -1.56. The molecule has 2 aromatic carbocycles. The first-order chi connectivity index (χ1) is 12.2. The maximum atomic E-state index is 2.39. The SMILES string of the molecule is CCCCCC1CCC(c2ccccc2C)(c2ccccc2C)CC1. The summed E-state index contributed by atoms with van der Waals surface area (Å²) in [4.78, 5) is 0. The highest BCUT2D eigenvalue weighted by Crippen LogP contribution is 2.49. The number of benzene rings is 2. The number of hydrogen-bond acceptors (Lipinski definition) is 0. The second-order valence-corrected chi connectivity index (χ2v) is 8.15. The van der Waals surface area contributed by atoms with E-state index in [1.807, 2.05) is 0 Å². The first-order valence-electron chi connectivity index (χ1n) is 10.3. The quantitative estimate of drug-likeness (QED) is 0.484. The normalized spacial score (nSPS) is 17.6. The van der Waals surface area contributed by atoms with Crippen LogP contribution >= 0.6 is 0 Å². The first-order valence-corrected chi connectivity index (χ1v) is 10.3. The van der Waals surface area contributed by atoms with E-state index in [4.69, 9.17) is 0 Å². The van der Waals surface area contributed by atoms with Crippen molar-refractivity contribution >= 4 is 0 Å². The Morgan fingerprint density at radius 1 is 0.800 bits per heavy atom. The third-order valence-corrected chi connectivity index (χ3v) is 6.50. The van der Waals surface area contributed by atoms with Gasteiger partial charge in [0.2, 0.25) is 0 Å². The van der Waals surface area contributed by atoms with Gasteiger partial charge in [0.1, 0.15) is 0 Å². The minimum atomic E-state index is 0.220. The lowest BCUT2D eigenvalue weighted by Crippen LogP contribution is -2.34. The minimum absolute atomic E-state index is 0.220. The van der Waals surface area contributed by atoms with Crippen molar-refractivity contribution in [3.63, 3.8) is 0 Å². The number of hydrogen-bond donors (Lipinski definition) is 0. The van der Waals surface area contributed by atoms with E-state index in [1.54, 1.807) is 11.1 Å². The highest BCUT2D eigenvalue weighted by Gasteiger charge is 2.39. The summed E-state index contributed by atoms with van der Waals surface area (Å²) in [6.07, 6.45) is 11.0. The zero-order chi connectivity index (χ0) is 17.7. The Morgan fingerprint density at radius 2 is 1.32 bits per heavy atom. The molecule has 0 aromatic heterocycles. The largest absolute Gasteiger partial charge is 0.0654 e. The molecule has 0 N–H and O–H groups in total. The van der Waals surface area contributed by atoms with Crippen LogP contribution in [0.25, 0.3) is 0 Å². The van der Waals surface area contributed by atoms with Crippen molar-refractivity contribution < 1.29 is 0 Å². The molecule has 0 bridgehead atoms. The maximum Gasteiger partial charge on any atom is 0.0208 e. The molecule has 25 heavy (non-hydrogen) atoms. The molecule has 2 aromatic rings. The van der Waals surface area contributed by atoms with Crippen LogP contribution in [0.4, 0.5) is 0 Å². The second-order valence-electron chi connectivity index (χ2n) is 8.15. The molecule has 0 radical (unpaired) electrons. The average Bonchev–Trinajstić information content (AvgIpc) is 2.64. The van der Waals surface area contributed by atoms with Gasteiger partial charge in [-0.3, -0.25) is 0 Å². The molecule has 0 heterocycles. The van der Waals surface area contributed by atoms with Gasteiger partial charge in [-0.25, -0.2) is 0 Å². The summed E-state index contributed by atoms with van der Waals surface area (Å²) in [5.41, 5.74) is 6.26. The Morgan fingerprint density at radius 3 is 1.80 bits per heavy atom. The summed E-state index contributed by atoms with van der Waals surface area (Å²) in [5, 5.41) is 0. The van der Waals surface area contributed by atoms with Gasteiger partial charge < -0.3 is 0 Å².